The van der Waals surface area contributed by atoms with Crippen LogP contribution < -0.4 is 10.2 Å². The van der Waals surface area contributed by atoms with E-state index in [9.17, 15) is 9.59 Å². The highest BCUT2D eigenvalue weighted by atomic mass is 32.1. The SMILES string of the molecule is CN(C(=O)C=Cc1ccco1)c1nc(CNC(=O)C=Cc2ccco2)cs1. The first-order chi connectivity index (χ1) is 13.1. The number of carbonyl (C=O) groups excluding carboxylic acids is 2. The first-order valence-electron chi connectivity index (χ1n) is 8.05. The number of nitrogens with one attached hydrogen (secondary N) is 1. The second kappa shape index (κ2) is 8.81. The van der Waals surface area contributed by atoms with Crippen LogP contribution in [0, 0.1) is 0 Å². The standard InChI is InChI=1S/C19H17N3O4S/c1-22(18(24)9-7-16-5-3-11-26-16)19-21-14(13-27-19)12-20-17(23)8-6-15-4-2-10-25-15/h2-11,13H,12H2,1H3,(H,20,23). The number of amides is 2. The predicted octanol–water partition coefficient (Wildman–Crippen LogP) is 3.33. The highest BCUT2D eigenvalue weighted by Crippen LogP contribution is 2.20. The van der Waals surface area contributed by atoms with Crippen LogP contribution in [0.5, 0.6) is 0 Å². The molecule has 0 aliphatic rings. The summed E-state index contributed by atoms with van der Waals surface area (Å²) in [5.74, 6) is 0.718. The van der Waals surface area contributed by atoms with Gasteiger partial charge in [-0.3, -0.25) is 14.5 Å². The Labute approximate surface area is 159 Å². The van der Waals surface area contributed by atoms with Crippen LogP contribution in [-0.4, -0.2) is 23.8 Å². The summed E-state index contributed by atoms with van der Waals surface area (Å²) >= 11 is 1.32. The maximum absolute atomic E-state index is 12.2. The van der Waals surface area contributed by atoms with Crippen molar-refractivity contribution in [2.75, 3.05) is 11.9 Å². The van der Waals surface area contributed by atoms with Gasteiger partial charge in [-0.15, -0.1) is 11.3 Å². The lowest BCUT2D eigenvalue weighted by Crippen LogP contribution is -2.24. The molecular weight excluding hydrogens is 366 g/mol. The molecule has 0 saturated carbocycles. The molecule has 3 heterocycles. The molecule has 0 radical (unpaired) electrons. The normalized spacial score (nSPS) is 11.3. The number of likely N-dealkylation sites (N-methyl/N-ethyl adjacent to an activating group) is 1. The molecule has 0 spiro atoms. The van der Waals surface area contributed by atoms with E-state index in [0.29, 0.717) is 22.3 Å². The van der Waals surface area contributed by atoms with Gasteiger partial charge in [0.25, 0.3) is 5.91 Å². The van der Waals surface area contributed by atoms with Crippen LogP contribution in [0.1, 0.15) is 17.2 Å². The number of furan rings is 2. The maximum atomic E-state index is 12.2. The van der Waals surface area contributed by atoms with E-state index < -0.39 is 0 Å². The molecule has 2 amide bonds. The molecule has 0 atom stereocenters. The molecule has 0 saturated heterocycles. The third kappa shape index (κ3) is 5.29. The van der Waals surface area contributed by atoms with Crippen molar-refractivity contribution in [3.05, 3.63) is 71.5 Å². The van der Waals surface area contributed by atoms with Crippen molar-refractivity contribution in [3.8, 4) is 0 Å². The molecule has 1 N–H and O–H groups in total. The molecule has 0 aliphatic carbocycles. The van der Waals surface area contributed by atoms with Crippen molar-refractivity contribution < 1.29 is 18.4 Å². The molecule has 27 heavy (non-hydrogen) atoms. The molecule has 3 aromatic heterocycles. The maximum Gasteiger partial charge on any atom is 0.252 e. The highest BCUT2D eigenvalue weighted by Gasteiger charge is 2.12. The second-order valence-electron chi connectivity index (χ2n) is 5.43. The average molecular weight is 383 g/mol. The Balaban J connectivity index is 1.51. The first kappa shape index (κ1) is 18.4. The van der Waals surface area contributed by atoms with Gasteiger partial charge in [-0.1, -0.05) is 0 Å². The summed E-state index contributed by atoms with van der Waals surface area (Å²) in [6, 6.07) is 7.01. The van der Waals surface area contributed by atoms with E-state index in [2.05, 4.69) is 10.3 Å². The van der Waals surface area contributed by atoms with Gasteiger partial charge in [0.1, 0.15) is 11.5 Å². The van der Waals surface area contributed by atoms with Gasteiger partial charge in [0.15, 0.2) is 5.13 Å². The van der Waals surface area contributed by atoms with Crippen LogP contribution >= 0.6 is 11.3 Å². The van der Waals surface area contributed by atoms with Gasteiger partial charge < -0.3 is 14.2 Å². The predicted molar refractivity (Wildman–Crippen MR) is 103 cm³/mol. The van der Waals surface area contributed by atoms with Gasteiger partial charge in [0, 0.05) is 24.6 Å². The number of nitrogens with zero attached hydrogens (tertiary/aromatic N) is 2. The van der Waals surface area contributed by atoms with Crippen molar-refractivity contribution in [2.45, 2.75) is 6.54 Å². The summed E-state index contributed by atoms with van der Waals surface area (Å²) in [5.41, 5.74) is 0.671. The lowest BCUT2D eigenvalue weighted by Gasteiger charge is -2.10. The average Bonchev–Trinajstić information content (AvgIpc) is 3.44. The van der Waals surface area contributed by atoms with E-state index in [-0.39, 0.29) is 18.4 Å². The number of thiazole rings is 1. The molecule has 3 rings (SSSR count). The van der Waals surface area contributed by atoms with E-state index in [1.54, 1.807) is 55.1 Å². The number of rotatable bonds is 7. The van der Waals surface area contributed by atoms with E-state index >= 15 is 0 Å². The number of aromatic nitrogens is 1. The number of hydrogen-bond acceptors (Lipinski definition) is 6. The van der Waals surface area contributed by atoms with Gasteiger partial charge >= 0.3 is 0 Å². The van der Waals surface area contributed by atoms with Crippen LogP contribution in [0.25, 0.3) is 12.2 Å². The van der Waals surface area contributed by atoms with Crippen molar-refractivity contribution >= 4 is 40.4 Å². The molecule has 0 aromatic carbocycles. The summed E-state index contributed by atoms with van der Waals surface area (Å²) in [4.78, 5) is 29.8. The Morgan fingerprint density at radius 3 is 2.44 bits per heavy atom. The Hall–Kier alpha value is -3.39. The Morgan fingerprint density at radius 1 is 1.15 bits per heavy atom. The quantitative estimate of drug-likeness (QED) is 0.632. The lowest BCUT2D eigenvalue weighted by atomic mass is 10.3. The van der Waals surface area contributed by atoms with Gasteiger partial charge in [0.2, 0.25) is 5.91 Å². The van der Waals surface area contributed by atoms with Gasteiger partial charge in [-0.05, 0) is 36.4 Å². The van der Waals surface area contributed by atoms with Gasteiger partial charge in [0.05, 0.1) is 24.8 Å². The number of anilines is 1. The zero-order valence-electron chi connectivity index (χ0n) is 14.5. The minimum atomic E-state index is -0.258. The van der Waals surface area contributed by atoms with E-state index in [4.69, 9.17) is 8.83 Å². The molecule has 0 fully saturated rings. The Bertz CT molecular complexity index is 940. The molecule has 138 valence electrons. The molecule has 0 bridgehead atoms. The third-order valence-corrected chi connectivity index (χ3v) is 4.44. The molecule has 0 unspecified atom stereocenters. The van der Waals surface area contributed by atoms with Crippen LogP contribution in [0.15, 0.2) is 63.2 Å². The van der Waals surface area contributed by atoms with Crippen LogP contribution in [0.3, 0.4) is 0 Å². The fraction of sp³-hybridized carbons (Fsp3) is 0.105. The Morgan fingerprint density at radius 2 is 1.81 bits per heavy atom. The summed E-state index contributed by atoms with van der Waals surface area (Å²) in [6.45, 7) is 0.266. The van der Waals surface area contributed by atoms with Crippen molar-refractivity contribution in [3.63, 3.8) is 0 Å². The molecule has 7 nitrogen and oxygen atoms in total. The van der Waals surface area contributed by atoms with Crippen LogP contribution in [0.4, 0.5) is 5.13 Å². The van der Waals surface area contributed by atoms with E-state index in [0.717, 1.165) is 0 Å². The summed E-state index contributed by atoms with van der Waals surface area (Å²) < 4.78 is 10.3. The topological polar surface area (TPSA) is 88.6 Å². The van der Waals surface area contributed by atoms with Crippen molar-refractivity contribution in [2.24, 2.45) is 0 Å². The van der Waals surface area contributed by atoms with Crippen LogP contribution in [-0.2, 0) is 16.1 Å². The zero-order chi connectivity index (χ0) is 19.1. The second-order valence-corrected chi connectivity index (χ2v) is 6.27. The molecule has 8 heteroatoms. The monoisotopic (exact) mass is 383 g/mol. The number of hydrogen-bond donors (Lipinski definition) is 1. The van der Waals surface area contributed by atoms with Gasteiger partial charge in [-0.25, -0.2) is 4.98 Å². The largest absolute Gasteiger partial charge is 0.465 e. The number of carbonyl (C=O) groups is 2. The highest BCUT2D eigenvalue weighted by molar-refractivity contribution is 7.14. The minimum Gasteiger partial charge on any atom is -0.465 e. The summed E-state index contributed by atoms with van der Waals surface area (Å²) in [7, 11) is 1.64. The van der Waals surface area contributed by atoms with Crippen LogP contribution in [0.2, 0.25) is 0 Å². The van der Waals surface area contributed by atoms with Crippen molar-refractivity contribution in [1.29, 1.82) is 0 Å². The summed E-state index contributed by atoms with van der Waals surface area (Å²) in [5, 5.41) is 5.07. The minimum absolute atomic E-state index is 0.224. The van der Waals surface area contributed by atoms with Crippen molar-refractivity contribution in [1.82, 2.24) is 10.3 Å². The smallest absolute Gasteiger partial charge is 0.252 e. The summed E-state index contributed by atoms with van der Waals surface area (Å²) in [6.07, 6.45) is 9.07. The Kier molecular flexibility index (Phi) is 6.01. The molecule has 0 aliphatic heterocycles. The fourth-order valence-corrected chi connectivity index (χ4v) is 2.85. The first-order valence-corrected chi connectivity index (χ1v) is 8.93. The van der Waals surface area contributed by atoms with E-state index in [1.807, 2.05) is 0 Å². The lowest BCUT2D eigenvalue weighted by molar-refractivity contribution is -0.116. The fourth-order valence-electron chi connectivity index (χ4n) is 2.06. The van der Waals surface area contributed by atoms with E-state index in [1.165, 1.54) is 34.7 Å². The third-order valence-electron chi connectivity index (χ3n) is 3.48. The zero-order valence-corrected chi connectivity index (χ0v) is 15.3. The molecule has 3 aromatic rings. The van der Waals surface area contributed by atoms with Gasteiger partial charge in [-0.2, -0.15) is 0 Å². The molecular formula is C19H17N3O4S.